The quantitative estimate of drug-likeness (QED) is 0.386. The van der Waals surface area contributed by atoms with Crippen molar-refractivity contribution in [1.29, 1.82) is 0 Å². The van der Waals surface area contributed by atoms with Crippen LogP contribution in [0.3, 0.4) is 0 Å². The normalized spacial score (nSPS) is 18.6. The van der Waals surface area contributed by atoms with Gasteiger partial charge in [0.1, 0.15) is 28.9 Å². The lowest BCUT2D eigenvalue weighted by Gasteiger charge is -2.24. The van der Waals surface area contributed by atoms with E-state index in [-0.39, 0.29) is 11.3 Å². The van der Waals surface area contributed by atoms with E-state index in [0.29, 0.717) is 41.6 Å². The van der Waals surface area contributed by atoms with Crippen molar-refractivity contribution in [3.8, 4) is 0 Å². The molecule has 4 rings (SSSR count). The maximum absolute atomic E-state index is 13.1. The number of aliphatic hydroxyl groups is 1. The van der Waals surface area contributed by atoms with Gasteiger partial charge in [0.2, 0.25) is 0 Å². The second-order valence-corrected chi connectivity index (χ2v) is 8.17. The highest BCUT2D eigenvalue weighted by atomic mass is 16.3. The zero-order valence-corrected chi connectivity index (χ0v) is 18.3. The van der Waals surface area contributed by atoms with Gasteiger partial charge in [-0.15, -0.1) is 0 Å². The van der Waals surface area contributed by atoms with Crippen LogP contribution in [0.2, 0.25) is 0 Å². The molecule has 0 radical (unpaired) electrons. The van der Waals surface area contributed by atoms with E-state index >= 15 is 0 Å². The van der Waals surface area contributed by atoms with Crippen LogP contribution in [0.5, 0.6) is 0 Å². The van der Waals surface area contributed by atoms with Crippen LogP contribution in [0.15, 0.2) is 40.5 Å². The Kier molecular flexibility index (Phi) is 5.18. The highest BCUT2D eigenvalue weighted by Crippen LogP contribution is 2.40. The number of nitrogens with zero attached hydrogens (tertiary/aromatic N) is 4. The van der Waals surface area contributed by atoms with E-state index in [9.17, 15) is 14.7 Å². The van der Waals surface area contributed by atoms with E-state index in [0.717, 1.165) is 5.56 Å². The van der Waals surface area contributed by atoms with Crippen LogP contribution in [0.25, 0.3) is 11.4 Å². The molecule has 31 heavy (non-hydrogen) atoms. The van der Waals surface area contributed by atoms with E-state index in [2.05, 4.69) is 4.98 Å². The monoisotopic (exact) mass is 422 g/mol. The van der Waals surface area contributed by atoms with Crippen molar-refractivity contribution >= 4 is 23.1 Å². The lowest BCUT2D eigenvalue weighted by Crippen LogP contribution is -2.35. The number of aromatic nitrogens is 2. The van der Waals surface area contributed by atoms with Gasteiger partial charge in [0.25, 0.3) is 11.7 Å². The minimum absolute atomic E-state index is 0.0181. The number of hydrogen-bond donors (Lipinski definition) is 1. The number of furan rings is 1. The third kappa shape index (κ3) is 3.42. The lowest BCUT2D eigenvalue weighted by atomic mass is 10.0. The Hall–Kier alpha value is -3.39. The Morgan fingerprint density at radius 1 is 1.19 bits per heavy atom. The van der Waals surface area contributed by atoms with Crippen LogP contribution in [0, 0.1) is 20.8 Å². The van der Waals surface area contributed by atoms with Crippen LogP contribution in [-0.4, -0.2) is 63.2 Å². The standard InChI is InChI=1S/C23H26N4O4/c1-13-7-6-10-26-18(15(3)24-22(13)26)20(28)17-19(16-9-8-14(2)31-16)27(12-11-25(4)5)23(30)21(17)29/h6-10,19,28H,11-12H2,1-5H3/b20-17+/t19-/m0/s1. The number of imidazole rings is 1. The predicted molar refractivity (Wildman–Crippen MR) is 116 cm³/mol. The molecule has 0 saturated carbocycles. The molecule has 0 spiro atoms. The van der Waals surface area contributed by atoms with Gasteiger partial charge < -0.3 is 19.3 Å². The molecule has 0 bridgehead atoms. The fourth-order valence-corrected chi connectivity index (χ4v) is 4.04. The summed E-state index contributed by atoms with van der Waals surface area (Å²) >= 11 is 0. The molecule has 1 amide bonds. The van der Waals surface area contributed by atoms with Crippen LogP contribution < -0.4 is 0 Å². The van der Waals surface area contributed by atoms with Crippen molar-refractivity contribution in [2.24, 2.45) is 0 Å². The van der Waals surface area contributed by atoms with Gasteiger partial charge in [-0.2, -0.15) is 0 Å². The van der Waals surface area contributed by atoms with E-state index in [1.807, 2.05) is 38.1 Å². The number of pyridine rings is 1. The maximum Gasteiger partial charge on any atom is 0.295 e. The van der Waals surface area contributed by atoms with Crippen molar-refractivity contribution in [2.45, 2.75) is 26.8 Å². The number of Topliss-reactive ketones (excluding diaryl/α,β-unsaturated/α-hetero) is 1. The van der Waals surface area contributed by atoms with Crippen molar-refractivity contribution < 1.29 is 19.1 Å². The average Bonchev–Trinajstić information content (AvgIpc) is 3.35. The largest absolute Gasteiger partial charge is 0.505 e. The summed E-state index contributed by atoms with van der Waals surface area (Å²) in [6.07, 6.45) is 1.78. The van der Waals surface area contributed by atoms with Crippen molar-refractivity contribution in [1.82, 2.24) is 19.2 Å². The van der Waals surface area contributed by atoms with Crippen LogP contribution in [0.1, 0.15) is 34.5 Å². The molecule has 3 aromatic heterocycles. The number of rotatable bonds is 5. The second kappa shape index (κ2) is 7.70. The van der Waals surface area contributed by atoms with Crippen LogP contribution >= 0.6 is 0 Å². The lowest BCUT2D eigenvalue weighted by molar-refractivity contribution is -0.140. The summed E-state index contributed by atoms with van der Waals surface area (Å²) in [6.45, 7) is 6.39. The third-order valence-corrected chi connectivity index (χ3v) is 5.60. The Labute approximate surface area is 180 Å². The fraction of sp³-hybridized carbons (Fsp3) is 0.348. The number of amides is 1. The number of ketones is 1. The number of aryl methyl sites for hydroxylation is 3. The zero-order chi connectivity index (χ0) is 22.4. The van der Waals surface area contributed by atoms with Gasteiger partial charge in [0.15, 0.2) is 5.76 Å². The summed E-state index contributed by atoms with van der Waals surface area (Å²) in [4.78, 5) is 34.0. The van der Waals surface area contributed by atoms with Gasteiger partial charge in [0, 0.05) is 19.3 Å². The van der Waals surface area contributed by atoms with Gasteiger partial charge in [0.05, 0.1) is 11.3 Å². The molecule has 1 aliphatic rings. The minimum Gasteiger partial charge on any atom is -0.505 e. The fourth-order valence-electron chi connectivity index (χ4n) is 4.04. The minimum atomic E-state index is -0.802. The molecule has 8 nitrogen and oxygen atoms in total. The summed E-state index contributed by atoms with van der Waals surface area (Å²) in [5.74, 6) is -0.516. The molecule has 162 valence electrons. The molecule has 1 aliphatic heterocycles. The Morgan fingerprint density at radius 3 is 2.58 bits per heavy atom. The van der Waals surface area contributed by atoms with E-state index < -0.39 is 17.7 Å². The Bertz CT molecular complexity index is 1220. The molecule has 4 heterocycles. The summed E-state index contributed by atoms with van der Waals surface area (Å²) in [6, 6.07) is 6.50. The highest BCUT2D eigenvalue weighted by molar-refractivity contribution is 6.46. The molecular weight excluding hydrogens is 396 g/mol. The Balaban J connectivity index is 1.93. The number of likely N-dealkylation sites (N-methyl/N-ethyl adjacent to an activating group) is 1. The van der Waals surface area contributed by atoms with Gasteiger partial charge in [-0.05, 0) is 58.6 Å². The number of aliphatic hydroxyl groups excluding tert-OH is 1. The first kappa shape index (κ1) is 20.9. The Morgan fingerprint density at radius 2 is 1.94 bits per heavy atom. The number of likely N-dealkylation sites (tertiary alicyclic amines) is 1. The molecule has 1 atom stereocenters. The highest BCUT2D eigenvalue weighted by Gasteiger charge is 2.47. The summed E-state index contributed by atoms with van der Waals surface area (Å²) < 4.78 is 7.56. The first-order chi connectivity index (χ1) is 14.7. The predicted octanol–water partition coefficient (Wildman–Crippen LogP) is 2.84. The number of fused-ring (bicyclic) bond motifs is 1. The second-order valence-electron chi connectivity index (χ2n) is 8.17. The number of carbonyl (C=O) groups excluding carboxylic acids is 2. The van der Waals surface area contributed by atoms with Gasteiger partial charge in [-0.25, -0.2) is 4.98 Å². The third-order valence-electron chi connectivity index (χ3n) is 5.60. The topological polar surface area (TPSA) is 91.3 Å². The summed E-state index contributed by atoms with van der Waals surface area (Å²) in [7, 11) is 3.79. The SMILES string of the molecule is Cc1ccc([C@H]2/C(=C(\O)c3c(C)nc4c(C)cccn34)C(=O)C(=O)N2CCN(C)C)o1. The average molecular weight is 422 g/mol. The molecule has 1 fully saturated rings. The van der Waals surface area contributed by atoms with E-state index in [1.54, 1.807) is 36.6 Å². The van der Waals surface area contributed by atoms with Crippen molar-refractivity contribution in [3.63, 3.8) is 0 Å². The van der Waals surface area contributed by atoms with Crippen LogP contribution in [-0.2, 0) is 9.59 Å². The molecule has 0 aromatic carbocycles. The molecule has 8 heteroatoms. The van der Waals surface area contributed by atoms with Crippen molar-refractivity contribution in [2.75, 3.05) is 27.2 Å². The molecule has 3 aromatic rings. The number of carbonyl (C=O) groups is 2. The van der Waals surface area contributed by atoms with Crippen molar-refractivity contribution in [3.05, 3.63) is 64.5 Å². The molecule has 0 unspecified atom stereocenters. The zero-order valence-electron chi connectivity index (χ0n) is 18.3. The molecule has 0 aliphatic carbocycles. The smallest absolute Gasteiger partial charge is 0.295 e. The van der Waals surface area contributed by atoms with Crippen LogP contribution in [0.4, 0.5) is 0 Å². The summed E-state index contributed by atoms with van der Waals surface area (Å²) in [5, 5.41) is 11.4. The van der Waals surface area contributed by atoms with E-state index in [1.165, 1.54) is 4.90 Å². The molecular formula is C23H26N4O4. The van der Waals surface area contributed by atoms with Gasteiger partial charge in [-0.3, -0.25) is 14.0 Å². The maximum atomic E-state index is 13.1. The molecule has 1 saturated heterocycles. The van der Waals surface area contributed by atoms with Gasteiger partial charge in [-0.1, -0.05) is 6.07 Å². The summed E-state index contributed by atoms with van der Waals surface area (Å²) in [5.41, 5.74) is 2.62. The molecule has 1 N–H and O–H groups in total. The van der Waals surface area contributed by atoms with Gasteiger partial charge >= 0.3 is 0 Å². The van der Waals surface area contributed by atoms with E-state index in [4.69, 9.17) is 4.42 Å². The first-order valence-electron chi connectivity index (χ1n) is 10.1. The first-order valence-corrected chi connectivity index (χ1v) is 10.1. The number of hydrogen-bond acceptors (Lipinski definition) is 6.